The molecule has 2 heteroatoms. The van der Waals surface area contributed by atoms with Crippen molar-refractivity contribution >= 4 is 11.3 Å². The summed E-state index contributed by atoms with van der Waals surface area (Å²) in [7, 11) is 0. The summed E-state index contributed by atoms with van der Waals surface area (Å²) in [5, 5.41) is 8.30. The highest BCUT2D eigenvalue weighted by molar-refractivity contribution is 7.07. The highest BCUT2D eigenvalue weighted by Crippen LogP contribution is 2.37. The lowest BCUT2D eigenvalue weighted by Crippen LogP contribution is -2.33. The number of aryl methyl sites for hydroxylation is 2. The summed E-state index contributed by atoms with van der Waals surface area (Å²) in [6, 6.07) is 11.8. The summed E-state index contributed by atoms with van der Waals surface area (Å²) in [4.78, 5) is 0. The fourth-order valence-corrected chi connectivity index (χ4v) is 4.20. The monoisotopic (exact) mass is 299 g/mol. The summed E-state index contributed by atoms with van der Waals surface area (Å²) in [5.74, 6) is 0.770. The van der Waals surface area contributed by atoms with Gasteiger partial charge in [0.05, 0.1) is 0 Å². The predicted octanol–water partition coefficient (Wildman–Crippen LogP) is 4.98. The average Bonchev–Trinajstić information content (AvgIpc) is 3.04. The van der Waals surface area contributed by atoms with Gasteiger partial charge >= 0.3 is 0 Å². The molecule has 1 heterocycles. The van der Waals surface area contributed by atoms with Gasteiger partial charge in [0.25, 0.3) is 0 Å². The SMILES string of the molecule is CCCNC1c2ccccc2CCC1CCc1ccsc1. The van der Waals surface area contributed by atoms with Gasteiger partial charge in [0, 0.05) is 6.04 Å². The van der Waals surface area contributed by atoms with E-state index in [2.05, 4.69) is 53.3 Å². The first-order chi connectivity index (χ1) is 10.4. The average molecular weight is 299 g/mol. The van der Waals surface area contributed by atoms with Gasteiger partial charge in [-0.1, -0.05) is 31.2 Å². The van der Waals surface area contributed by atoms with Crippen LogP contribution in [0.2, 0.25) is 0 Å². The second-order valence-electron chi connectivity index (χ2n) is 6.10. The van der Waals surface area contributed by atoms with E-state index < -0.39 is 0 Å². The van der Waals surface area contributed by atoms with E-state index in [1.807, 2.05) is 11.3 Å². The first-order valence-corrected chi connectivity index (χ1v) is 9.15. The Morgan fingerprint density at radius 2 is 2.14 bits per heavy atom. The highest BCUT2D eigenvalue weighted by Gasteiger charge is 2.28. The van der Waals surface area contributed by atoms with Gasteiger partial charge in [-0.2, -0.15) is 11.3 Å². The maximum Gasteiger partial charge on any atom is 0.0351 e. The van der Waals surface area contributed by atoms with Crippen molar-refractivity contribution in [2.24, 2.45) is 5.92 Å². The van der Waals surface area contributed by atoms with E-state index in [1.54, 1.807) is 11.1 Å². The third kappa shape index (κ3) is 3.56. The summed E-state index contributed by atoms with van der Waals surface area (Å²) in [5.41, 5.74) is 4.61. The lowest BCUT2D eigenvalue weighted by molar-refractivity contribution is 0.303. The number of thiophene rings is 1. The van der Waals surface area contributed by atoms with E-state index in [4.69, 9.17) is 0 Å². The van der Waals surface area contributed by atoms with Gasteiger partial charge in [-0.15, -0.1) is 0 Å². The molecule has 2 aromatic rings. The molecule has 1 aliphatic carbocycles. The molecule has 1 aromatic heterocycles. The van der Waals surface area contributed by atoms with Gasteiger partial charge < -0.3 is 5.32 Å². The Hall–Kier alpha value is -1.12. The number of fused-ring (bicyclic) bond motifs is 1. The summed E-state index contributed by atoms with van der Waals surface area (Å²) < 4.78 is 0. The molecule has 112 valence electrons. The molecule has 2 atom stereocenters. The maximum atomic E-state index is 3.81. The number of rotatable bonds is 6. The third-order valence-corrected chi connectivity index (χ3v) is 5.38. The van der Waals surface area contributed by atoms with Gasteiger partial charge in [-0.05, 0) is 78.1 Å². The van der Waals surface area contributed by atoms with E-state index in [9.17, 15) is 0 Å². The van der Waals surface area contributed by atoms with Crippen LogP contribution in [0.25, 0.3) is 0 Å². The highest BCUT2D eigenvalue weighted by atomic mass is 32.1. The fraction of sp³-hybridized carbons (Fsp3) is 0.474. The fourth-order valence-electron chi connectivity index (χ4n) is 3.50. The Morgan fingerprint density at radius 3 is 2.95 bits per heavy atom. The van der Waals surface area contributed by atoms with Crippen LogP contribution in [0.5, 0.6) is 0 Å². The molecule has 2 unspecified atom stereocenters. The molecule has 1 nitrogen and oxygen atoms in total. The molecule has 1 N–H and O–H groups in total. The van der Waals surface area contributed by atoms with Crippen LogP contribution >= 0.6 is 11.3 Å². The van der Waals surface area contributed by atoms with E-state index in [0.29, 0.717) is 6.04 Å². The van der Waals surface area contributed by atoms with Crippen molar-refractivity contribution in [1.82, 2.24) is 5.32 Å². The van der Waals surface area contributed by atoms with Crippen LogP contribution in [0.4, 0.5) is 0 Å². The van der Waals surface area contributed by atoms with Crippen LogP contribution in [0.1, 0.15) is 48.9 Å². The molecule has 0 radical (unpaired) electrons. The molecular weight excluding hydrogens is 274 g/mol. The predicted molar refractivity (Wildman–Crippen MR) is 91.9 cm³/mol. The molecule has 0 spiro atoms. The molecule has 1 aliphatic rings. The molecule has 0 saturated heterocycles. The van der Waals surface area contributed by atoms with Gasteiger partial charge in [0.2, 0.25) is 0 Å². The van der Waals surface area contributed by atoms with Crippen LogP contribution in [-0.4, -0.2) is 6.54 Å². The van der Waals surface area contributed by atoms with Crippen molar-refractivity contribution in [3.8, 4) is 0 Å². The zero-order chi connectivity index (χ0) is 14.5. The van der Waals surface area contributed by atoms with E-state index in [-0.39, 0.29) is 0 Å². The molecule has 0 saturated carbocycles. The number of benzene rings is 1. The van der Waals surface area contributed by atoms with Crippen molar-refractivity contribution in [3.63, 3.8) is 0 Å². The Balaban J connectivity index is 1.73. The van der Waals surface area contributed by atoms with E-state index in [0.717, 1.165) is 12.5 Å². The minimum absolute atomic E-state index is 0.550. The Kier molecular flexibility index (Phi) is 5.10. The Bertz CT molecular complexity index is 546. The number of hydrogen-bond donors (Lipinski definition) is 1. The van der Waals surface area contributed by atoms with Crippen LogP contribution in [0, 0.1) is 5.92 Å². The largest absolute Gasteiger partial charge is 0.310 e. The molecule has 0 fully saturated rings. The van der Waals surface area contributed by atoms with E-state index in [1.165, 1.54) is 37.7 Å². The second-order valence-corrected chi connectivity index (χ2v) is 6.88. The molecular formula is C19H25NS. The van der Waals surface area contributed by atoms with Gasteiger partial charge in [-0.25, -0.2) is 0 Å². The molecule has 0 amide bonds. The van der Waals surface area contributed by atoms with Crippen molar-refractivity contribution in [1.29, 1.82) is 0 Å². The van der Waals surface area contributed by atoms with Crippen molar-refractivity contribution in [2.75, 3.05) is 6.54 Å². The van der Waals surface area contributed by atoms with Crippen molar-refractivity contribution < 1.29 is 0 Å². The molecule has 3 rings (SSSR count). The maximum absolute atomic E-state index is 3.81. The zero-order valence-corrected chi connectivity index (χ0v) is 13.7. The number of nitrogens with one attached hydrogen (secondary N) is 1. The Morgan fingerprint density at radius 1 is 1.24 bits per heavy atom. The number of hydrogen-bond acceptors (Lipinski definition) is 2. The first-order valence-electron chi connectivity index (χ1n) is 8.20. The van der Waals surface area contributed by atoms with Gasteiger partial charge in [0.1, 0.15) is 0 Å². The van der Waals surface area contributed by atoms with Crippen molar-refractivity contribution in [2.45, 2.75) is 45.1 Å². The zero-order valence-electron chi connectivity index (χ0n) is 12.8. The molecule has 0 bridgehead atoms. The van der Waals surface area contributed by atoms with Crippen LogP contribution in [0.3, 0.4) is 0 Å². The first kappa shape index (κ1) is 14.8. The van der Waals surface area contributed by atoms with Crippen LogP contribution in [-0.2, 0) is 12.8 Å². The second kappa shape index (κ2) is 7.24. The lowest BCUT2D eigenvalue weighted by Gasteiger charge is -2.34. The van der Waals surface area contributed by atoms with Crippen LogP contribution in [0.15, 0.2) is 41.1 Å². The van der Waals surface area contributed by atoms with Gasteiger partial charge in [-0.3, -0.25) is 0 Å². The van der Waals surface area contributed by atoms with Crippen LogP contribution < -0.4 is 5.32 Å². The quantitative estimate of drug-likeness (QED) is 0.793. The van der Waals surface area contributed by atoms with Gasteiger partial charge in [0.15, 0.2) is 0 Å². The molecule has 1 aromatic carbocycles. The summed E-state index contributed by atoms with van der Waals surface area (Å²) >= 11 is 1.81. The lowest BCUT2D eigenvalue weighted by atomic mass is 9.77. The summed E-state index contributed by atoms with van der Waals surface area (Å²) in [6.45, 7) is 3.37. The minimum atomic E-state index is 0.550. The van der Waals surface area contributed by atoms with Crippen molar-refractivity contribution in [3.05, 3.63) is 57.8 Å². The molecule has 21 heavy (non-hydrogen) atoms. The normalized spacial score (nSPS) is 21.2. The minimum Gasteiger partial charge on any atom is -0.310 e. The summed E-state index contributed by atoms with van der Waals surface area (Å²) in [6.07, 6.45) is 6.29. The third-order valence-electron chi connectivity index (χ3n) is 4.64. The smallest absolute Gasteiger partial charge is 0.0351 e. The van der Waals surface area contributed by atoms with E-state index >= 15 is 0 Å². The Labute approximate surface area is 132 Å². The topological polar surface area (TPSA) is 12.0 Å². The standard InChI is InChI=1S/C19H25NS/c1-2-12-20-19-17(8-7-15-11-13-21-14-15)10-9-16-5-3-4-6-18(16)19/h3-6,11,13-14,17,19-20H,2,7-10,12H2,1H3. The molecule has 0 aliphatic heterocycles.